The van der Waals surface area contributed by atoms with E-state index in [4.69, 9.17) is 0 Å². The van der Waals surface area contributed by atoms with Crippen molar-refractivity contribution in [3.05, 3.63) is 78.2 Å². The highest BCUT2D eigenvalue weighted by molar-refractivity contribution is 6.07. The van der Waals surface area contributed by atoms with Crippen LogP contribution in [0.2, 0.25) is 0 Å². The number of carbonyl (C=O) groups is 1. The summed E-state index contributed by atoms with van der Waals surface area (Å²) in [6, 6.07) is 16.9. The number of halogens is 1. The maximum Gasteiger partial charge on any atom is 0.261 e. The molecule has 4 aromatic rings. The van der Waals surface area contributed by atoms with Crippen molar-refractivity contribution in [1.29, 1.82) is 0 Å². The summed E-state index contributed by atoms with van der Waals surface area (Å²) in [7, 11) is 0. The number of carbonyl (C=O) groups excluding carboxylic acids is 1. The highest BCUT2D eigenvalue weighted by Gasteiger charge is 2.15. The van der Waals surface area contributed by atoms with Crippen LogP contribution in [-0.2, 0) is 0 Å². The van der Waals surface area contributed by atoms with Crippen molar-refractivity contribution in [1.82, 2.24) is 15.0 Å². The van der Waals surface area contributed by atoms with Gasteiger partial charge in [0.2, 0.25) is 5.95 Å². The third kappa shape index (κ3) is 3.10. The Morgan fingerprint density at radius 2 is 1.81 bits per heavy atom. The van der Waals surface area contributed by atoms with Gasteiger partial charge in [-0.2, -0.15) is 0 Å². The first kappa shape index (κ1) is 15.8. The summed E-state index contributed by atoms with van der Waals surface area (Å²) in [6.07, 6.45) is 1.53. The minimum absolute atomic E-state index is 0.240. The van der Waals surface area contributed by atoms with E-state index >= 15 is 0 Å². The van der Waals surface area contributed by atoms with Crippen molar-refractivity contribution in [2.45, 2.75) is 0 Å². The van der Waals surface area contributed by atoms with Crippen LogP contribution in [0.15, 0.2) is 66.9 Å². The number of imidazole rings is 1. The maximum absolute atomic E-state index is 13.9. The molecule has 0 bridgehead atoms. The van der Waals surface area contributed by atoms with Crippen molar-refractivity contribution in [2.24, 2.45) is 0 Å². The zero-order chi connectivity index (χ0) is 17.9. The summed E-state index contributed by atoms with van der Waals surface area (Å²) in [5, 5.41) is 5.57. The molecule has 26 heavy (non-hydrogen) atoms. The number of aromatic amines is 1. The van der Waals surface area contributed by atoms with Gasteiger partial charge in [-0.05, 0) is 36.4 Å². The molecule has 0 saturated heterocycles. The molecule has 2 aromatic heterocycles. The lowest BCUT2D eigenvalue weighted by Crippen LogP contribution is -2.15. The van der Waals surface area contributed by atoms with E-state index in [2.05, 4.69) is 25.6 Å². The minimum atomic E-state index is -0.429. The number of nitrogens with zero attached hydrogens (tertiary/aromatic N) is 2. The lowest BCUT2D eigenvalue weighted by atomic mass is 10.2. The third-order valence-electron chi connectivity index (χ3n) is 3.80. The van der Waals surface area contributed by atoms with E-state index in [0.29, 0.717) is 5.95 Å². The molecule has 128 valence electrons. The number of hydrogen-bond donors (Lipinski definition) is 3. The normalized spacial score (nSPS) is 10.7. The number of para-hydroxylation sites is 3. The molecule has 3 N–H and O–H groups in total. The molecule has 4 rings (SSSR count). The van der Waals surface area contributed by atoms with Crippen molar-refractivity contribution in [3.63, 3.8) is 0 Å². The van der Waals surface area contributed by atoms with Crippen LogP contribution in [0.3, 0.4) is 0 Å². The Balaban J connectivity index is 1.61. The van der Waals surface area contributed by atoms with Crippen molar-refractivity contribution < 1.29 is 9.18 Å². The summed E-state index contributed by atoms with van der Waals surface area (Å²) in [6.45, 7) is 0. The summed E-state index contributed by atoms with van der Waals surface area (Å²) in [5.41, 5.74) is 2.08. The molecule has 7 heteroatoms. The summed E-state index contributed by atoms with van der Waals surface area (Å²) in [4.78, 5) is 24.1. The molecular weight excluding hydrogens is 333 g/mol. The molecule has 0 aliphatic rings. The Morgan fingerprint density at radius 1 is 1.00 bits per heavy atom. The van der Waals surface area contributed by atoms with E-state index in [1.807, 2.05) is 24.3 Å². The second-order valence-electron chi connectivity index (χ2n) is 5.56. The van der Waals surface area contributed by atoms with Gasteiger partial charge in [0.15, 0.2) is 0 Å². The lowest BCUT2D eigenvalue weighted by Gasteiger charge is -2.10. The van der Waals surface area contributed by atoms with Gasteiger partial charge in [0.25, 0.3) is 5.91 Å². The molecule has 0 aliphatic carbocycles. The van der Waals surface area contributed by atoms with Crippen molar-refractivity contribution in [3.8, 4) is 0 Å². The van der Waals surface area contributed by atoms with Crippen LogP contribution >= 0.6 is 0 Å². The minimum Gasteiger partial charge on any atom is -0.337 e. The summed E-state index contributed by atoms with van der Waals surface area (Å²) >= 11 is 0. The predicted molar refractivity (Wildman–Crippen MR) is 98.0 cm³/mol. The fourth-order valence-electron chi connectivity index (χ4n) is 2.57. The summed E-state index contributed by atoms with van der Waals surface area (Å²) in [5.74, 6) is -0.249. The standard InChI is InChI=1S/C19H14FN5O/c20-13-7-1-2-8-14(13)22-17-12(6-5-11-21-17)18(26)25-19-23-15-9-3-4-10-16(15)24-19/h1-11H,(H,21,22)(H2,23,24,25,26). The molecule has 0 fully saturated rings. The van der Waals surface area contributed by atoms with Gasteiger partial charge in [-0.25, -0.2) is 14.4 Å². The number of H-pyrrole nitrogens is 1. The quantitative estimate of drug-likeness (QED) is 0.519. The number of pyridine rings is 1. The Labute approximate surface area is 148 Å². The first-order chi connectivity index (χ1) is 12.7. The Morgan fingerprint density at radius 3 is 2.65 bits per heavy atom. The number of benzene rings is 2. The second-order valence-corrected chi connectivity index (χ2v) is 5.56. The molecule has 1 amide bonds. The molecule has 0 spiro atoms. The fourth-order valence-corrected chi connectivity index (χ4v) is 2.57. The van der Waals surface area contributed by atoms with E-state index in [-0.39, 0.29) is 17.1 Å². The van der Waals surface area contributed by atoms with Crippen molar-refractivity contribution >= 4 is 34.4 Å². The number of aromatic nitrogens is 3. The van der Waals surface area contributed by atoms with Crippen LogP contribution in [0.5, 0.6) is 0 Å². The fraction of sp³-hybridized carbons (Fsp3) is 0. The third-order valence-corrected chi connectivity index (χ3v) is 3.80. The number of fused-ring (bicyclic) bond motifs is 1. The van der Waals surface area contributed by atoms with Gasteiger partial charge < -0.3 is 10.3 Å². The SMILES string of the molecule is O=C(Nc1nc2ccccc2[nH]1)c1cccnc1Nc1ccccc1F. The molecule has 0 saturated carbocycles. The topological polar surface area (TPSA) is 82.7 Å². The van der Waals surface area contributed by atoms with Gasteiger partial charge in [-0.15, -0.1) is 0 Å². The second kappa shape index (κ2) is 6.64. The zero-order valence-electron chi connectivity index (χ0n) is 13.5. The van der Waals surface area contributed by atoms with Gasteiger partial charge in [-0.1, -0.05) is 24.3 Å². The highest BCUT2D eigenvalue weighted by Crippen LogP contribution is 2.22. The van der Waals surface area contributed by atoms with E-state index < -0.39 is 11.7 Å². The smallest absolute Gasteiger partial charge is 0.261 e. The van der Waals surface area contributed by atoms with Gasteiger partial charge in [0.1, 0.15) is 11.6 Å². The van der Waals surface area contributed by atoms with E-state index in [1.54, 1.807) is 30.3 Å². The molecule has 6 nitrogen and oxygen atoms in total. The Hall–Kier alpha value is -3.74. The number of amides is 1. The Kier molecular flexibility index (Phi) is 4.03. The van der Waals surface area contributed by atoms with E-state index in [9.17, 15) is 9.18 Å². The number of nitrogens with one attached hydrogen (secondary N) is 3. The van der Waals surface area contributed by atoms with E-state index in [1.165, 1.54) is 12.3 Å². The van der Waals surface area contributed by atoms with Crippen LogP contribution < -0.4 is 10.6 Å². The average Bonchev–Trinajstić information content (AvgIpc) is 3.06. The lowest BCUT2D eigenvalue weighted by molar-refractivity contribution is 0.102. The molecular formula is C19H14FN5O. The average molecular weight is 347 g/mol. The van der Waals surface area contributed by atoms with Gasteiger partial charge in [0, 0.05) is 6.20 Å². The first-order valence-electron chi connectivity index (χ1n) is 7.93. The molecule has 0 unspecified atom stereocenters. The van der Waals surface area contributed by atoms with Gasteiger partial charge in [0.05, 0.1) is 22.3 Å². The molecule has 2 heterocycles. The van der Waals surface area contributed by atoms with Crippen LogP contribution in [0.1, 0.15) is 10.4 Å². The maximum atomic E-state index is 13.9. The zero-order valence-corrected chi connectivity index (χ0v) is 13.5. The monoisotopic (exact) mass is 347 g/mol. The van der Waals surface area contributed by atoms with Crippen LogP contribution in [-0.4, -0.2) is 20.9 Å². The number of anilines is 3. The molecule has 2 aromatic carbocycles. The molecule has 0 atom stereocenters. The number of rotatable bonds is 4. The number of hydrogen-bond acceptors (Lipinski definition) is 4. The van der Waals surface area contributed by atoms with Gasteiger partial charge >= 0.3 is 0 Å². The first-order valence-corrected chi connectivity index (χ1v) is 7.93. The van der Waals surface area contributed by atoms with Crippen LogP contribution in [0, 0.1) is 5.82 Å². The van der Waals surface area contributed by atoms with E-state index in [0.717, 1.165) is 11.0 Å². The Bertz CT molecular complexity index is 1060. The summed E-state index contributed by atoms with van der Waals surface area (Å²) < 4.78 is 13.9. The van der Waals surface area contributed by atoms with Crippen molar-refractivity contribution in [2.75, 3.05) is 10.6 Å². The molecule has 0 radical (unpaired) electrons. The molecule has 0 aliphatic heterocycles. The highest BCUT2D eigenvalue weighted by atomic mass is 19.1. The predicted octanol–water partition coefficient (Wildman–Crippen LogP) is 4.09. The van der Waals surface area contributed by atoms with Crippen LogP contribution in [0.25, 0.3) is 11.0 Å². The van der Waals surface area contributed by atoms with Crippen LogP contribution in [0.4, 0.5) is 21.8 Å². The largest absolute Gasteiger partial charge is 0.337 e. The van der Waals surface area contributed by atoms with Gasteiger partial charge in [-0.3, -0.25) is 10.1 Å².